The van der Waals surface area contributed by atoms with Crippen LogP contribution in [0.25, 0.3) is 0 Å². The molecule has 176 valence electrons. The molecule has 0 aromatic heterocycles. The van der Waals surface area contributed by atoms with Gasteiger partial charge in [0, 0.05) is 37.1 Å². The molecule has 32 heavy (non-hydrogen) atoms. The maximum absolute atomic E-state index is 13.8. The van der Waals surface area contributed by atoms with Gasteiger partial charge in [0.1, 0.15) is 0 Å². The van der Waals surface area contributed by atoms with Crippen molar-refractivity contribution in [3.63, 3.8) is 0 Å². The zero-order chi connectivity index (χ0) is 23.1. The minimum absolute atomic E-state index is 0.0151. The first-order chi connectivity index (χ1) is 15.1. The highest BCUT2D eigenvalue weighted by atomic mass is 19.4. The van der Waals surface area contributed by atoms with Crippen LogP contribution in [0.15, 0.2) is 18.2 Å². The average Bonchev–Trinajstić information content (AvgIpc) is 3.03. The van der Waals surface area contributed by atoms with Gasteiger partial charge in [-0.3, -0.25) is 10.1 Å². The number of nitrogens with one attached hydrogen (secondary N) is 1. The standard InChI is InChI=1S/C22H28F3N3O4/c23-22(24,25)17-12-14(26-20(31)32)2-7-18(17)27-10-1-8-21(13-27)9-11-28(19(21)30)15-3-5-16(29)6-4-15/h2,7,12,15-16,26,29H,1,3-6,8-11,13H2,(H,31,32). The predicted octanol–water partition coefficient (Wildman–Crippen LogP) is 3.92. The number of halogens is 3. The normalized spacial score (nSPS) is 28.9. The molecule has 1 aliphatic carbocycles. The van der Waals surface area contributed by atoms with E-state index in [1.807, 2.05) is 10.2 Å². The summed E-state index contributed by atoms with van der Waals surface area (Å²) in [5.41, 5.74) is -1.79. The molecular formula is C22H28F3N3O4. The van der Waals surface area contributed by atoms with E-state index in [9.17, 15) is 27.9 Å². The first-order valence-corrected chi connectivity index (χ1v) is 11.0. The highest BCUT2D eigenvalue weighted by molar-refractivity contribution is 5.87. The lowest BCUT2D eigenvalue weighted by Gasteiger charge is -2.42. The van der Waals surface area contributed by atoms with Gasteiger partial charge in [-0.2, -0.15) is 13.2 Å². The highest BCUT2D eigenvalue weighted by Crippen LogP contribution is 2.46. The average molecular weight is 455 g/mol. The number of alkyl halides is 3. The van der Waals surface area contributed by atoms with Gasteiger partial charge in [0.05, 0.1) is 17.1 Å². The zero-order valence-corrected chi connectivity index (χ0v) is 17.7. The Kier molecular flexibility index (Phi) is 6.00. The molecule has 1 aromatic rings. The zero-order valence-electron chi connectivity index (χ0n) is 17.7. The van der Waals surface area contributed by atoms with Crippen molar-refractivity contribution >= 4 is 23.4 Å². The van der Waals surface area contributed by atoms with E-state index in [1.54, 1.807) is 4.90 Å². The second-order valence-electron chi connectivity index (χ2n) is 9.18. The Morgan fingerprint density at radius 3 is 2.50 bits per heavy atom. The molecule has 1 aromatic carbocycles. The fourth-order valence-electron chi connectivity index (χ4n) is 5.52. The molecule has 1 saturated carbocycles. The van der Waals surface area contributed by atoms with Crippen LogP contribution in [-0.4, -0.2) is 58.9 Å². The quantitative estimate of drug-likeness (QED) is 0.643. The van der Waals surface area contributed by atoms with Crippen molar-refractivity contribution in [2.24, 2.45) is 5.41 Å². The molecule has 3 aliphatic rings. The van der Waals surface area contributed by atoms with Crippen molar-refractivity contribution in [1.82, 2.24) is 4.90 Å². The predicted molar refractivity (Wildman–Crippen MR) is 112 cm³/mol. The second kappa shape index (κ2) is 8.46. The molecule has 1 spiro atoms. The summed E-state index contributed by atoms with van der Waals surface area (Å²) in [6.45, 7) is 1.22. The number of nitrogens with zero attached hydrogens (tertiary/aromatic N) is 2. The third-order valence-electron chi connectivity index (χ3n) is 7.12. The first kappa shape index (κ1) is 22.7. The smallest absolute Gasteiger partial charge is 0.418 e. The van der Waals surface area contributed by atoms with E-state index >= 15 is 0 Å². The summed E-state index contributed by atoms with van der Waals surface area (Å²) < 4.78 is 41.4. The minimum Gasteiger partial charge on any atom is -0.465 e. The minimum atomic E-state index is -4.66. The Morgan fingerprint density at radius 2 is 1.84 bits per heavy atom. The number of rotatable bonds is 3. The molecule has 0 bridgehead atoms. The number of anilines is 2. The van der Waals surface area contributed by atoms with Crippen molar-refractivity contribution in [2.75, 3.05) is 29.9 Å². The molecule has 2 aliphatic heterocycles. The molecule has 2 saturated heterocycles. The summed E-state index contributed by atoms with van der Waals surface area (Å²) in [5.74, 6) is 0.0151. The van der Waals surface area contributed by atoms with Gasteiger partial charge in [-0.1, -0.05) is 0 Å². The SMILES string of the molecule is O=C(O)Nc1ccc(N2CCCC3(CCN(C4CCC(O)CC4)C3=O)C2)c(C(F)(F)F)c1. The van der Waals surface area contributed by atoms with Gasteiger partial charge in [-0.05, 0) is 63.1 Å². The number of aliphatic hydroxyl groups excluding tert-OH is 1. The molecular weight excluding hydrogens is 427 g/mol. The molecule has 10 heteroatoms. The topological polar surface area (TPSA) is 93.1 Å². The van der Waals surface area contributed by atoms with Gasteiger partial charge < -0.3 is 20.0 Å². The van der Waals surface area contributed by atoms with Crippen LogP contribution in [0.3, 0.4) is 0 Å². The van der Waals surface area contributed by atoms with Crippen LogP contribution in [0.5, 0.6) is 0 Å². The summed E-state index contributed by atoms with van der Waals surface area (Å²) in [6.07, 6.45) is -1.71. The Labute approximate surface area is 184 Å². The fraction of sp³-hybridized carbons (Fsp3) is 0.636. The lowest BCUT2D eigenvalue weighted by molar-refractivity contribution is -0.139. The number of carboxylic acid groups (broad SMARTS) is 1. The molecule has 3 fully saturated rings. The monoisotopic (exact) mass is 455 g/mol. The van der Waals surface area contributed by atoms with Crippen LogP contribution < -0.4 is 10.2 Å². The number of benzene rings is 1. The third kappa shape index (κ3) is 4.37. The molecule has 2 heterocycles. The highest BCUT2D eigenvalue weighted by Gasteiger charge is 2.51. The molecule has 1 atom stereocenters. The fourth-order valence-corrected chi connectivity index (χ4v) is 5.52. The van der Waals surface area contributed by atoms with Gasteiger partial charge in [0.2, 0.25) is 5.91 Å². The maximum Gasteiger partial charge on any atom is 0.418 e. The summed E-state index contributed by atoms with van der Waals surface area (Å²) in [7, 11) is 0. The largest absolute Gasteiger partial charge is 0.465 e. The Balaban J connectivity index is 1.56. The number of likely N-dealkylation sites (tertiary alicyclic amines) is 1. The number of aliphatic hydroxyl groups is 1. The van der Waals surface area contributed by atoms with Crippen LogP contribution in [0.1, 0.15) is 50.5 Å². The van der Waals surface area contributed by atoms with Crippen LogP contribution in [0.2, 0.25) is 0 Å². The lowest BCUT2D eigenvalue weighted by Crippen LogP contribution is -2.50. The number of piperidine rings is 1. The van der Waals surface area contributed by atoms with E-state index in [4.69, 9.17) is 5.11 Å². The summed E-state index contributed by atoms with van der Waals surface area (Å²) >= 11 is 0. The van der Waals surface area contributed by atoms with Gasteiger partial charge in [0.15, 0.2) is 0 Å². The summed E-state index contributed by atoms with van der Waals surface area (Å²) in [6, 6.07) is 3.50. The van der Waals surface area contributed by atoms with E-state index in [-0.39, 0.29) is 36.0 Å². The first-order valence-electron chi connectivity index (χ1n) is 11.0. The Bertz CT molecular complexity index is 886. The van der Waals surface area contributed by atoms with Gasteiger partial charge in [-0.15, -0.1) is 0 Å². The van der Waals surface area contributed by atoms with Crippen LogP contribution >= 0.6 is 0 Å². The van der Waals surface area contributed by atoms with Crippen molar-refractivity contribution < 1.29 is 33.0 Å². The lowest BCUT2D eigenvalue weighted by atomic mass is 9.78. The molecule has 1 unspecified atom stereocenters. The second-order valence-corrected chi connectivity index (χ2v) is 9.18. The molecule has 2 amide bonds. The van der Waals surface area contributed by atoms with Crippen molar-refractivity contribution in [2.45, 2.75) is 63.3 Å². The number of amides is 2. The summed E-state index contributed by atoms with van der Waals surface area (Å²) in [4.78, 5) is 27.8. The van der Waals surface area contributed by atoms with Crippen LogP contribution in [-0.2, 0) is 11.0 Å². The molecule has 0 radical (unpaired) electrons. The van der Waals surface area contributed by atoms with Gasteiger partial charge in [-0.25, -0.2) is 4.79 Å². The number of hydrogen-bond acceptors (Lipinski definition) is 4. The van der Waals surface area contributed by atoms with Crippen LogP contribution in [0.4, 0.5) is 29.3 Å². The number of carbonyl (C=O) groups excluding carboxylic acids is 1. The van der Waals surface area contributed by atoms with Crippen molar-refractivity contribution in [1.29, 1.82) is 0 Å². The maximum atomic E-state index is 13.8. The van der Waals surface area contributed by atoms with E-state index in [0.717, 1.165) is 18.9 Å². The Morgan fingerprint density at radius 1 is 1.12 bits per heavy atom. The molecule has 7 nitrogen and oxygen atoms in total. The van der Waals surface area contributed by atoms with Crippen molar-refractivity contribution in [3.05, 3.63) is 23.8 Å². The number of hydrogen-bond donors (Lipinski definition) is 3. The summed E-state index contributed by atoms with van der Waals surface area (Å²) in [5, 5.41) is 20.6. The van der Waals surface area contributed by atoms with E-state index in [1.165, 1.54) is 12.1 Å². The van der Waals surface area contributed by atoms with E-state index < -0.39 is 23.2 Å². The van der Waals surface area contributed by atoms with Gasteiger partial charge >= 0.3 is 12.3 Å². The van der Waals surface area contributed by atoms with Crippen molar-refractivity contribution in [3.8, 4) is 0 Å². The van der Waals surface area contributed by atoms with E-state index in [0.29, 0.717) is 45.2 Å². The van der Waals surface area contributed by atoms with Gasteiger partial charge in [0.25, 0.3) is 0 Å². The molecule has 4 rings (SSSR count). The Hall–Kier alpha value is -2.49. The van der Waals surface area contributed by atoms with E-state index in [2.05, 4.69) is 0 Å². The molecule has 3 N–H and O–H groups in total. The number of carbonyl (C=O) groups is 2. The third-order valence-corrected chi connectivity index (χ3v) is 7.12. The van der Waals surface area contributed by atoms with Crippen LogP contribution in [0, 0.1) is 5.41 Å².